The smallest absolute Gasteiger partial charge is 0.239 e. The first-order valence-electron chi connectivity index (χ1n) is 9.99. The Balaban J connectivity index is 1.75. The molecule has 0 spiro atoms. The fourth-order valence-corrected chi connectivity index (χ4v) is 4.26. The fraction of sp³-hybridized carbons (Fsp3) is 0.619. The molecule has 156 valence electrons. The predicted octanol–water partition coefficient (Wildman–Crippen LogP) is 2.32. The molecule has 1 aliphatic rings. The van der Waals surface area contributed by atoms with Gasteiger partial charge in [-0.2, -0.15) is 0 Å². The van der Waals surface area contributed by atoms with E-state index in [0.717, 1.165) is 51.4 Å². The number of rotatable bonds is 8. The van der Waals surface area contributed by atoms with Crippen molar-refractivity contribution >= 4 is 23.6 Å². The zero-order valence-electron chi connectivity index (χ0n) is 17.9. The number of likely N-dealkylation sites (tertiary alicyclic amines) is 1. The van der Waals surface area contributed by atoms with E-state index in [1.165, 1.54) is 16.0 Å². The molecule has 1 aromatic rings. The quantitative estimate of drug-likeness (QED) is 0.301. The van der Waals surface area contributed by atoms with Crippen LogP contribution in [0.2, 0.25) is 0 Å². The molecule has 1 unspecified atom stereocenters. The molecule has 0 saturated carbocycles. The van der Waals surface area contributed by atoms with E-state index in [9.17, 15) is 4.79 Å². The van der Waals surface area contributed by atoms with E-state index in [1.54, 1.807) is 23.7 Å². The summed E-state index contributed by atoms with van der Waals surface area (Å²) in [6.07, 6.45) is 5.17. The molecule has 1 atom stereocenters. The number of carbonyl (C=O) groups excluding carboxylic acids is 1. The number of likely N-dealkylation sites (N-methyl/N-ethyl adjacent to an activating group) is 1. The zero-order chi connectivity index (χ0) is 20.5. The third kappa shape index (κ3) is 6.41. The number of aliphatic imine (C=N–C) groups is 1. The molecule has 1 saturated heterocycles. The average Bonchev–Trinajstić information content (AvgIpc) is 3.15. The van der Waals surface area contributed by atoms with Crippen LogP contribution in [0, 0.1) is 6.92 Å². The Morgan fingerprint density at radius 3 is 2.82 bits per heavy atom. The van der Waals surface area contributed by atoms with Gasteiger partial charge in [-0.3, -0.25) is 14.7 Å². The number of amides is 1. The van der Waals surface area contributed by atoms with Gasteiger partial charge in [-0.25, -0.2) is 0 Å². The number of hydrogen-bond donors (Lipinski definition) is 2. The molecule has 7 heteroatoms. The number of nitrogens with one attached hydrogen (secondary N) is 2. The van der Waals surface area contributed by atoms with Gasteiger partial charge >= 0.3 is 0 Å². The summed E-state index contributed by atoms with van der Waals surface area (Å²) in [6, 6.07) is 6.60. The molecule has 0 aromatic heterocycles. The summed E-state index contributed by atoms with van der Waals surface area (Å²) in [6.45, 7) is 5.66. The number of carbonyl (C=O) groups is 1. The minimum Gasteiger partial charge on any atom is -0.356 e. The van der Waals surface area contributed by atoms with Crippen LogP contribution < -0.4 is 10.6 Å². The Morgan fingerprint density at radius 1 is 1.36 bits per heavy atom. The third-order valence-corrected chi connectivity index (χ3v) is 5.94. The van der Waals surface area contributed by atoms with Crippen LogP contribution in [0.1, 0.15) is 30.4 Å². The summed E-state index contributed by atoms with van der Waals surface area (Å²) in [4.78, 5) is 21.9. The first-order chi connectivity index (χ1) is 13.5. The predicted molar refractivity (Wildman–Crippen MR) is 119 cm³/mol. The van der Waals surface area contributed by atoms with Gasteiger partial charge in [0, 0.05) is 45.7 Å². The van der Waals surface area contributed by atoms with Gasteiger partial charge in [0.25, 0.3) is 0 Å². The van der Waals surface area contributed by atoms with Gasteiger partial charge in [0.1, 0.15) is 0 Å². The molecule has 28 heavy (non-hydrogen) atoms. The summed E-state index contributed by atoms with van der Waals surface area (Å²) in [7, 11) is 5.48. The van der Waals surface area contributed by atoms with Gasteiger partial charge in [0.2, 0.25) is 5.91 Å². The molecule has 6 nitrogen and oxygen atoms in total. The van der Waals surface area contributed by atoms with E-state index in [0.29, 0.717) is 0 Å². The maximum absolute atomic E-state index is 12.3. The van der Waals surface area contributed by atoms with Crippen molar-refractivity contribution in [3.8, 4) is 0 Å². The SMILES string of the molecule is CN=C(NCCCN1CCCC1C(=O)N(C)C)NCc1ccc(C)cc1SC. The molecular weight excluding hydrogens is 370 g/mol. The van der Waals surface area contributed by atoms with E-state index < -0.39 is 0 Å². The lowest BCUT2D eigenvalue weighted by Crippen LogP contribution is -2.44. The van der Waals surface area contributed by atoms with Crippen molar-refractivity contribution in [2.75, 3.05) is 47.0 Å². The largest absolute Gasteiger partial charge is 0.356 e. The molecule has 0 radical (unpaired) electrons. The summed E-state index contributed by atoms with van der Waals surface area (Å²) in [5.41, 5.74) is 2.56. The minimum absolute atomic E-state index is 0.0546. The highest BCUT2D eigenvalue weighted by Gasteiger charge is 2.30. The fourth-order valence-electron chi connectivity index (χ4n) is 3.56. The molecule has 1 amide bonds. The van der Waals surface area contributed by atoms with Crippen molar-refractivity contribution < 1.29 is 4.79 Å². The molecule has 0 aliphatic carbocycles. The van der Waals surface area contributed by atoms with Gasteiger partial charge in [-0.15, -0.1) is 11.8 Å². The Kier molecular flexibility index (Phi) is 9.12. The second-order valence-corrected chi connectivity index (χ2v) is 8.30. The normalized spacial score (nSPS) is 17.6. The Labute approximate surface area is 174 Å². The van der Waals surface area contributed by atoms with Crippen LogP contribution in [0.15, 0.2) is 28.1 Å². The van der Waals surface area contributed by atoms with E-state index in [4.69, 9.17) is 0 Å². The van der Waals surface area contributed by atoms with Crippen molar-refractivity contribution in [1.29, 1.82) is 0 Å². The minimum atomic E-state index is 0.0546. The number of nitrogens with zero attached hydrogens (tertiary/aromatic N) is 3. The van der Waals surface area contributed by atoms with Crippen LogP contribution in [0.5, 0.6) is 0 Å². The van der Waals surface area contributed by atoms with Gasteiger partial charge in [0.15, 0.2) is 5.96 Å². The first-order valence-corrected chi connectivity index (χ1v) is 11.2. The Morgan fingerprint density at radius 2 is 2.14 bits per heavy atom. The standard InChI is InChI=1S/C21H35N5OS/c1-16-9-10-17(19(14-16)28-5)15-24-21(22-2)23-11-7-13-26-12-6-8-18(26)20(27)25(3)4/h9-10,14,18H,6-8,11-13,15H2,1-5H3,(H2,22,23,24). The molecule has 1 aliphatic heterocycles. The summed E-state index contributed by atoms with van der Waals surface area (Å²) in [5, 5.41) is 6.79. The van der Waals surface area contributed by atoms with Gasteiger partial charge < -0.3 is 15.5 Å². The lowest BCUT2D eigenvalue weighted by Gasteiger charge is -2.26. The summed E-state index contributed by atoms with van der Waals surface area (Å²) >= 11 is 1.77. The van der Waals surface area contributed by atoms with Crippen molar-refractivity contribution in [3.05, 3.63) is 29.3 Å². The van der Waals surface area contributed by atoms with E-state index >= 15 is 0 Å². The molecule has 1 heterocycles. The highest BCUT2D eigenvalue weighted by molar-refractivity contribution is 7.98. The van der Waals surface area contributed by atoms with Gasteiger partial charge in [0.05, 0.1) is 6.04 Å². The third-order valence-electron chi connectivity index (χ3n) is 5.12. The van der Waals surface area contributed by atoms with Gasteiger partial charge in [-0.05, 0) is 56.2 Å². The second-order valence-electron chi connectivity index (χ2n) is 7.45. The first kappa shape index (κ1) is 22.6. The summed E-state index contributed by atoms with van der Waals surface area (Å²) in [5.74, 6) is 1.04. The Hall–Kier alpha value is -1.73. The van der Waals surface area contributed by atoms with Crippen molar-refractivity contribution in [2.45, 2.75) is 43.7 Å². The molecule has 1 fully saturated rings. The van der Waals surface area contributed by atoms with E-state index in [-0.39, 0.29) is 11.9 Å². The highest BCUT2D eigenvalue weighted by atomic mass is 32.2. The van der Waals surface area contributed by atoms with Crippen LogP contribution >= 0.6 is 11.8 Å². The van der Waals surface area contributed by atoms with Crippen LogP contribution in [0.25, 0.3) is 0 Å². The number of benzene rings is 1. The molecular formula is C21H35N5OS. The van der Waals surface area contributed by atoms with Crippen molar-refractivity contribution in [2.24, 2.45) is 4.99 Å². The zero-order valence-corrected chi connectivity index (χ0v) is 18.7. The van der Waals surface area contributed by atoms with Crippen LogP contribution in [0.3, 0.4) is 0 Å². The van der Waals surface area contributed by atoms with Crippen LogP contribution in [-0.4, -0.2) is 74.7 Å². The van der Waals surface area contributed by atoms with Gasteiger partial charge in [-0.1, -0.05) is 12.1 Å². The maximum atomic E-state index is 12.3. The van der Waals surface area contributed by atoms with E-state index in [1.807, 2.05) is 14.1 Å². The molecule has 2 rings (SSSR count). The molecule has 2 N–H and O–H groups in total. The lowest BCUT2D eigenvalue weighted by molar-refractivity contribution is -0.133. The molecule has 1 aromatic carbocycles. The second kappa shape index (κ2) is 11.3. The number of guanidine groups is 1. The topological polar surface area (TPSA) is 60.0 Å². The van der Waals surface area contributed by atoms with Crippen molar-refractivity contribution in [1.82, 2.24) is 20.4 Å². The summed E-state index contributed by atoms with van der Waals surface area (Å²) < 4.78 is 0. The van der Waals surface area contributed by atoms with Crippen molar-refractivity contribution in [3.63, 3.8) is 0 Å². The Bertz CT molecular complexity index is 677. The number of aryl methyl sites for hydroxylation is 1. The van der Waals surface area contributed by atoms with Crippen LogP contribution in [0.4, 0.5) is 0 Å². The van der Waals surface area contributed by atoms with Crippen LogP contribution in [-0.2, 0) is 11.3 Å². The maximum Gasteiger partial charge on any atom is 0.239 e. The molecule has 0 bridgehead atoms. The average molecular weight is 406 g/mol. The number of thioether (sulfide) groups is 1. The lowest BCUT2D eigenvalue weighted by atomic mass is 10.1. The highest BCUT2D eigenvalue weighted by Crippen LogP contribution is 2.21. The number of hydrogen-bond acceptors (Lipinski definition) is 4. The van der Waals surface area contributed by atoms with E-state index in [2.05, 4.69) is 51.9 Å². The monoisotopic (exact) mass is 405 g/mol.